The van der Waals surface area contributed by atoms with Crippen molar-refractivity contribution in [1.82, 2.24) is 20.1 Å². The molecule has 0 spiro atoms. The molecule has 1 heterocycles. The van der Waals surface area contributed by atoms with Gasteiger partial charge < -0.3 is 9.88 Å². The van der Waals surface area contributed by atoms with Crippen LogP contribution in [0, 0.1) is 18.6 Å². The van der Waals surface area contributed by atoms with Gasteiger partial charge in [0.2, 0.25) is 5.91 Å². The van der Waals surface area contributed by atoms with Gasteiger partial charge >= 0.3 is 0 Å². The van der Waals surface area contributed by atoms with Gasteiger partial charge in [-0.25, -0.2) is 8.78 Å². The number of nitrogens with zero attached hydrogens (tertiary/aromatic N) is 3. The first-order valence-electron chi connectivity index (χ1n) is 8.11. The van der Waals surface area contributed by atoms with Gasteiger partial charge in [-0.05, 0) is 25.8 Å². The Labute approximate surface area is 139 Å². The molecule has 0 bridgehead atoms. The normalized spacial score (nSPS) is 16.3. The van der Waals surface area contributed by atoms with Crippen molar-refractivity contribution >= 4 is 5.91 Å². The second-order valence-corrected chi connectivity index (χ2v) is 6.24. The molecule has 1 N–H and O–H groups in total. The van der Waals surface area contributed by atoms with Crippen molar-refractivity contribution < 1.29 is 13.6 Å². The van der Waals surface area contributed by atoms with Gasteiger partial charge in [0.05, 0.1) is 5.41 Å². The molecule has 0 saturated heterocycles. The molecule has 1 aliphatic carbocycles. The van der Waals surface area contributed by atoms with E-state index in [1.54, 1.807) is 6.33 Å². The summed E-state index contributed by atoms with van der Waals surface area (Å²) in [6, 6.07) is 3.47. The summed E-state index contributed by atoms with van der Waals surface area (Å²) in [7, 11) is 0. The maximum absolute atomic E-state index is 14.3. The molecule has 2 aromatic rings. The van der Waals surface area contributed by atoms with E-state index in [2.05, 4.69) is 15.5 Å². The van der Waals surface area contributed by atoms with Crippen molar-refractivity contribution in [3.8, 4) is 0 Å². The van der Waals surface area contributed by atoms with Crippen molar-refractivity contribution in [1.29, 1.82) is 0 Å². The van der Waals surface area contributed by atoms with Crippen LogP contribution in [-0.4, -0.2) is 27.2 Å². The van der Waals surface area contributed by atoms with Crippen LogP contribution in [0.15, 0.2) is 24.5 Å². The highest BCUT2D eigenvalue weighted by atomic mass is 19.1. The number of hydrogen-bond donors (Lipinski definition) is 1. The van der Waals surface area contributed by atoms with Crippen LogP contribution in [0.1, 0.15) is 37.1 Å². The minimum Gasteiger partial charge on any atom is -0.354 e. The first-order valence-corrected chi connectivity index (χ1v) is 8.11. The van der Waals surface area contributed by atoms with Crippen molar-refractivity contribution in [3.05, 3.63) is 47.5 Å². The summed E-state index contributed by atoms with van der Waals surface area (Å²) >= 11 is 0. The first kappa shape index (κ1) is 16.5. The number of halogens is 2. The van der Waals surface area contributed by atoms with Crippen LogP contribution >= 0.6 is 0 Å². The Kier molecular flexibility index (Phi) is 4.59. The number of aryl methyl sites for hydroxylation is 1. The van der Waals surface area contributed by atoms with Crippen molar-refractivity contribution in [3.63, 3.8) is 0 Å². The summed E-state index contributed by atoms with van der Waals surface area (Å²) in [6.07, 6.45) is 4.47. The molecule has 24 heavy (non-hydrogen) atoms. The number of aromatic nitrogens is 3. The Balaban J connectivity index is 1.75. The number of hydrogen-bond acceptors (Lipinski definition) is 3. The third-order valence-corrected chi connectivity index (χ3v) is 4.79. The van der Waals surface area contributed by atoms with Crippen molar-refractivity contribution in [2.45, 2.75) is 44.6 Å². The molecular formula is C17H20F2N4O. The molecule has 1 aliphatic rings. The van der Waals surface area contributed by atoms with Crippen molar-refractivity contribution in [2.24, 2.45) is 0 Å². The van der Waals surface area contributed by atoms with Crippen LogP contribution in [0.5, 0.6) is 0 Å². The van der Waals surface area contributed by atoms with Crippen LogP contribution in [-0.2, 0) is 16.8 Å². The van der Waals surface area contributed by atoms with E-state index in [4.69, 9.17) is 0 Å². The molecule has 0 aliphatic heterocycles. The average molecular weight is 334 g/mol. The van der Waals surface area contributed by atoms with Crippen LogP contribution in [0.2, 0.25) is 0 Å². The molecular weight excluding hydrogens is 314 g/mol. The van der Waals surface area contributed by atoms with E-state index in [0.717, 1.165) is 24.7 Å². The van der Waals surface area contributed by atoms with E-state index < -0.39 is 17.0 Å². The topological polar surface area (TPSA) is 59.8 Å². The molecule has 1 fully saturated rings. The van der Waals surface area contributed by atoms with Crippen LogP contribution in [0.25, 0.3) is 0 Å². The third kappa shape index (κ3) is 3.02. The van der Waals surface area contributed by atoms with E-state index in [-0.39, 0.29) is 5.91 Å². The fourth-order valence-corrected chi connectivity index (χ4v) is 3.47. The lowest BCUT2D eigenvalue weighted by molar-refractivity contribution is -0.126. The van der Waals surface area contributed by atoms with E-state index in [1.807, 2.05) is 11.5 Å². The van der Waals surface area contributed by atoms with Gasteiger partial charge in [-0.3, -0.25) is 4.79 Å². The van der Waals surface area contributed by atoms with E-state index >= 15 is 0 Å². The molecule has 1 amide bonds. The molecule has 0 radical (unpaired) electrons. The smallest absolute Gasteiger partial charge is 0.230 e. The van der Waals surface area contributed by atoms with Gasteiger partial charge in [-0.15, -0.1) is 10.2 Å². The monoisotopic (exact) mass is 334 g/mol. The standard InChI is InChI=1S/C17H20F2N4O/c1-12-22-21-11-23(12)9-8-20-16(24)17(6-2-3-7-17)14-5-4-13(18)10-15(14)19/h4-5,10-11H,2-3,6-9H2,1H3,(H,20,24). The average Bonchev–Trinajstić information content (AvgIpc) is 3.18. The van der Waals surface area contributed by atoms with E-state index in [1.165, 1.54) is 12.1 Å². The fraction of sp³-hybridized carbons (Fsp3) is 0.471. The van der Waals surface area contributed by atoms with Crippen LogP contribution in [0.4, 0.5) is 8.78 Å². The summed E-state index contributed by atoms with van der Waals surface area (Å²) in [5.74, 6) is -0.713. The lowest BCUT2D eigenvalue weighted by Gasteiger charge is -2.28. The van der Waals surface area contributed by atoms with Gasteiger partial charge in [0.25, 0.3) is 0 Å². The molecule has 0 unspecified atom stereocenters. The molecule has 0 atom stereocenters. The van der Waals surface area contributed by atoms with Gasteiger partial charge in [-0.1, -0.05) is 18.9 Å². The van der Waals surface area contributed by atoms with Crippen LogP contribution < -0.4 is 5.32 Å². The van der Waals surface area contributed by atoms with Gasteiger partial charge in [-0.2, -0.15) is 0 Å². The highest BCUT2D eigenvalue weighted by Crippen LogP contribution is 2.42. The second-order valence-electron chi connectivity index (χ2n) is 6.24. The summed E-state index contributed by atoms with van der Waals surface area (Å²) in [5, 5.41) is 10.6. The Hall–Kier alpha value is -2.31. The molecule has 1 aromatic heterocycles. The minimum absolute atomic E-state index is 0.198. The third-order valence-electron chi connectivity index (χ3n) is 4.79. The Morgan fingerprint density at radius 3 is 2.71 bits per heavy atom. The number of carbonyl (C=O) groups excluding carboxylic acids is 1. The summed E-state index contributed by atoms with van der Waals surface area (Å²) in [4.78, 5) is 12.8. The van der Waals surface area contributed by atoms with E-state index in [9.17, 15) is 13.6 Å². The van der Waals surface area contributed by atoms with Crippen LogP contribution in [0.3, 0.4) is 0 Å². The fourth-order valence-electron chi connectivity index (χ4n) is 3.47. The van der Waals surface area contributed by atoms with Gasteiger partial charge in [0.1, 0.15) is 23.8 Å². The zero-order chi connectivity index (χ0) is 17.2. The maximum atomic E-state index is 14.3. The van der Waals surface area contributed by atoms with E-state index in [0.29, 0.717) is 31.5 Å². The maximum Gasteiger partial charge on any atom is 0.230 e. The lowest BCUT2D eigenvalue weighted by atomic mass is 9.77. The largest absolute Gasteiger partial charge is 0.354 e. The number of benzene rings is 1. The number of amides is 1. The molecule has 3 rings (SSSR count). The van der Waals surface area contributed by atoms with Crippen molar-refractivity contribution in [2.75, 3.05) is 6.54 Å². The lowest BCUT2D eigenvalue weighted by Crippen LogP contribution is -2.44. The SMILES string of the molecule is Cc1nncn1CCNC(=O)C1(c2ccc(F)cc2F)CCCC1. The van der Waals surface area contributed by atoms with Gasteiger partial charge in [0.15, 0.2) is 0 Å². The minimum atomic E-state index is -0.903. The molecule has 128 valence electrons. The highest BCUT2D eigenvalue weighted by molar-refractivity contribution is 5.88. The second kappa shape index (κ2) is 6.67. The Morgan fingerprint density at radius 2 is 2.08 bits per heavy atom. The predicted molar refractivity (Wildman–Crippen MR) is 84.3 cm³/mol. The predicted octanol–water partition coefficient (Wildman–Crippen LogP) is 2.49. The molecule has 7 heteroatoms. The number of carbonyl (C=O) groups is 1. The zero-order valence-electron chi connectivity index (χ0n) is 13.6. The van der Waals surface area contributed by atoms with Gasteiger partial charge in [0, 0.05) is 24.7 Å². The number of nitrogens with one attached hydrogen (secondary N) is 1. The number of rotatable bonds is 5. The summed E-state index contributed by atoms with van der Waals surface area (Å²) in [6.45, 7) is 2.79. The zero-order valence-corrected chi connectivity index (χ0v) is 13.6. The molecule has 1 aromatic carbocycles. The first-order chi connectivity index (χ1) is 11.5. The summed E-state index contributed by atoms with van der Waals surface area (Å²) in [5.41, 5.74) is -0.612. The highest BCUT2D eigenvalue weighted by Gasteiger charge is 2.44. The Bertz CT molecular complexity index is 738. The quantitative estimate of drug-likeness (QED) is 0.914. The summed E-state index contributed by atoms with van der Waals surface area (Å²) < 4.78 is 29.3. The molecule has 5 nitrogen and oxygen atoms in total. The Morgan fingerprint density at radius 1 is 1.33 bits per heavy atom. The molecule has 1 saturated carbocycles.